The van der Waals surface area contributed by atoms with Crippen LogP contribution in [0.5, 0.6) is 11.5 Å². The Morgan fingerprint density at radius 2 is 2.03 bits per heavy atom. The lowest BCUT2D eigenvalue weighted by Crippen LogP contribution is -2.38. The summed E-state index contributed by atoms with van der Waals surface area (Å²) >= 11 is 0. The van der Waals surface area contributed by atoms with Crippen molar-refractivity contribution in [1.82, 2.24) is 10.2 Å². The van der Waals surface area contributed by atoms with E-state index >= 15 is 0 Å². The first kappa shape index (κ1) is 19.3. The molecule has 8 heteroatoms. The van der Waals surface area contributed by atoms with Crippen molar-refractivity contribution >= 4 is 17.5 Å². The highest BCUT2D eigenvalue weighted by atomic mass is 16.6. The Kier molecular flexibility index (Phi) is 5.44. The van der Waals surface area contributed by atoms with Gasteiger partial charge in [-0.3, -0.25) is 14.5 Å². The number of nitrogens with zero attached hydrogens (tertiary/aromatic N) is 2. The van der Waals surface area contributed by atoms with Gasteiger partial charge in [0.05, 0.1) is 18.2 Å². The fourth-order valence-electron chi connectivity index (χ4n) is 3.69. The predicted octanol–water partition coefficient (Wildman–Crippen LogP) is 1.82. The average Bonchev–Trinajstić information content (AvgIpc) is 3.37. The molecule has 3 heterocycles. The molecule has 2 aliphatic rings. The first-order valence-corrected chi connectivity index (χ1v) is 9.70. The number of hydrogen-bond acceptors (Lipinski definition) is 6. The Labute approximate surface area is 169 Å². The zero-order valence-electron chi connectivity index (χ0n) is 16.6. The molecule has 0 saturated carbocycles. The molecule has 0 radical (unpaired) electrons. The molecule has 2 aromatic rings. The Morgan fingerprint density at radius 1 is 1.24 bits per heavy atom. The minimum Gasteiger partial charge on any atom is -0.486 e. The summed E-state index contributed by atoms with van der Waals surface area (Å²) in [6.07, 6.45) is 1.81. The fraction of sp³-hybridized carbons (Fsp3) is 0.429. The first-order valence-electron chi connectivity index (χ1n) is 9.70. The number of hydrogen-bond donors (Lipinski definition) is 1. The lowest BCUT2D eigenvalue weighted by molar-refractivity contribution is -0.126. The minimum atomic E-state index is -0.393. The van der Waals surface area contributed by atoms with Gasteiger partial charge in [-0.15, -0.1) is 0 Å². The Morgan fingerprint density at radius 3 is 2.76 bits per heavy atom. The highest BCUT2D eigenvalue weighted by Crippen LogP contribution is 2.36. The molecular weight excluding hydrogens is 374 g/mol. The van der Waals surface area contributed by atoms with Gasteiger partial charge >= 0.3 is 0 Å². The number of anilines is 1. The van der Waals surface area contributed by atoms with Crippen LogP contribution in [0.1, 0.15) is 18.2 Å². The zero-order valence-corrected chi connectivity index (χ0v) is 16.6. The third kappa shape index (κ3) is 4.07. The van der Waals surface area contributed by atoms with Crippen molar-refractivity contribution in [3.63, 3.8) is 0 Å². The molecule has 29 heavy (non-hydrogen) atoms. The summed E-state index contributed by atoms with van der Waals surface area (Å²) in [5, 5.41) is 2.97. The van der Waals surface area contributed by atoms with Crippen molar-refractivity contribution in [3.05, 3.63) is 42.4 Å². The number of ether oxygens (including phenoxy) is 2. The van der Waals surface area contributed by atoms with E-state index in [2.05, 4.69) is 5.32 Å². The molecule has 0 bridgehead atoms. The van der Waals surface area contributed by atoms with Crippen LogP contribution in [-0.2, 0) is 9.59 Å². The van der Waals surface area contributed by atoms with Crippen molar-refractivity contribution < 1.29 is 23.5 Å². The van der Waals surface area contributed by atoms with Gasteiger partial charge in [-0.2, -0.15) is 0 Å². The van der Waals surface area contributed by atoms with E-state index in [4.69, 9.17) is 13.9 Å². The monoisotopic (exact) mass is 399 g/mol. The quantitative estimate of drug-likeness (QED) is 0.798. The lowest BCUT2D eigenvalue weighted by atomic mass is 10.1. The minimum absolute atomic E-state index is 0.0695. The Bertz CT molecular complexity index is 880. The number of carbonyl (C=O) groups is 2. The number of nitrogens with one attached hydrogen (secondary N) is 1. The van der Waals surface area contributed by atoms with E-state index in [-0.39, 0.29) is 24.3 Å². The van der Waals surface area contributed by atoms with Crippen molar-refractivity contribution in [2.45, 2.75) is 12.5 Å². The zero-order chi connectivity index (χ0) is 20.4. The summed E-state index contributed by atoms with van der Waals surface area (Å²) in [5.74, 6) is 1.50. The molecule has 8 nitrogen and oxygen atoms in total. The topological polar surface area (TPSA) is 84.3 Å². The Balaban J connectivity index is 1.39. The molecule has 154 valence electrons. The van der Waals surface area contributed by atoms with Crippen LogP contribution in [0.25, 0.3) is 0 Å². The molecular formula is C21H25N3O5. The van der Waals surface area contributed by atoms with Gasteiger partial charge in [0.1, 0.15) is 19.0 Å². The Hall–Kier alpha value is -3.00. The second-order valence-electron chi connectivity index (χ2n) is 7.47. The largest absolute Gasteiger partial charge is 0.486 e. The standard InChI is InChI=1S/C21H25N3O5/c1-23(2)16(17-4-3-7-27-17)12-22-21(26)14-10-20(25)24(13-14)15-5-6-18-19(11-15)29-9-8-28-18/h3-7,11,14,16H,8-10,12-13H2,1-2H3,(H,22,26)/t14-,16-/m0/s1. The molecule has 2 aliphatic heterocycles. The van der Waals surface area contributed by atoms with Crippen LogP contribution in [0.2, 0.25) is 0 Å². The van der Waals surface area contributed by atoms with Crippen LogP contribution in [0.15, 0.2) is 41.0 Å². The van der Waals surface area contributed by atoms with E-state index in [1.165, 1.54) is 0 Å². The van der Waals surface area contributed by atoms with Gasteiger partial charge < -0.3 is 24.1 Å². The van der Waals surface area contributed by atoms with E-state index < -0.39 is 5.92 Å². The van der Waals surface area contributed by atoms with Crippen LogP contribution in [0.3, 0.4) is 0 Å². The maximum atomic E-state index is 12.7. The van der Waals surface area contributed by atoms with Crippen LogP contribution < -0.4 is 19.7 Å². The maximum Gasteiger partial charge on any atom is 0.227 e. The average molecular weight is 399 g/mol. The van der Waals surface area contributed by atoms with E-state index in [1.807, 2.05) is 37.2 Å². The predicted molar refractivity (Wildman–Crippen MR) is 106 cm³/mol. The van der Waals surface area contributed by atoms with E-state index in [1.54, 1.807) is 23.3 Å². The second kappa shape index (κ2) is 8.16. The molecule has 4 rings (SSSR count). The summed E-state index contributed by atoms with van der Waals surface area (Å²) in [6, 6.07) is 9.07. The van der Waals surface area contributed by atoms with E-state index in [0.29, 0.717) is 37.8 Å². The summed E-state index contributed by atoms with van der Waals surface area (Å²) in [4.78, 5) is 28.9. The van der Waals surface area contributed by atoms with Crippen molar-refractivity contribution in [2.75, 3.05) is 45.3 Å². The number of carbonyl (C=O) groups excluding carboxylic acids is 2. The molecule has 2 atom stereocenters. The first-order chi connectivity index (χ1) is 14.0. The van der Waals surface area contributed by atoms with Crippen molar-refractivity contribution in [2.24, 2.45) is 5.92 Å². The van der Waals surface area contributed by atoms with Gasteiger partial charge in [-0.1, -0.05) is 0 Å². The molecule has 1 saturated heterocycles. The van der Waals surface area contributed by atoms with E-state index in [9.17, 15) is 9.59 Å². The molecule has 2 amide bonds. The van der Waals surface area contributed by atoms with Crippen molar-refractivity contribution in [1.29, 1.82) is 0 Å². The number of amides is 2. The van der Waals surface area contributed by atoms with Crippen LogP contribution >= 0.6 is 0 Å². The highest BCUT2D eigenvalue weighted by Gasteiger charge is 2.36. The normalized spacial score (nSPS) is 19.5. The SMILES string of the molecule is CN(C)[C@@H](CNC(=O)[C@H]1CC(=O)N(c2ccc3c(c2)OCCO3)C1)c1ccco1. The molecule has 0 unspecified atom stereocenters. The number of furan rings is 1. The number of fused-ring (bicyclic) bond motifs is 1. The van der Waals surface area contributed by atoms with Crippen LogP contribution in [0, 0.1) is 5.92 Å². The van der Waals surface area contributed by atoms with Gasteiger partial charge in [0.2, 0.25) is 11.8 Å². The summed E-state index contributed by atoms with van der Waals surface area (Å²) in [7, 11) is 3.87. The van der Waals surface area contributed by atoms with Gasteiger partial charge in [0.15, 0.2) is 11.5 Å². The highest BCUT2D eigenvalue weighted by molar-refractivity contribution is 6.00. The molecule has 1 N–H and O–H groups in total. The summed E-state index contributed by atoms with van der Waals surface area (Å²) in [6.45, 7) is 1.76. The number of benzene rings is 1. The molecule has 1 aromatic carbocycles. The van der Waals surface area contributed by atoms with Crippen molar-refractivity contribution in [3.8, 4) is 11.5 Å². The molecule has 0 spiro atoms. The summed E-state index contributed by atoms with van der Waals surface area (Å²) in [5.41, 5.74) is 0.719. The molecule has 1 aromatic heterocycles. The van der Waals surface area contributed by atoms with Gasteiger partial charge in [0, 0.05) is 31.3 Å². The number of rotatable bonds is 6. The third-order valence-corrected chi connectivity index (χ3v) is 5.30. The molecule has 0 aliphatic carbocycles. The van der Waals surface area contributed by atoms with Gasteiger partial charge in [-0.25, -0.2) is 0 Å². The van der Waals surface area contributed by atoms with Crippen LogP contribution in [0.4, 0.5) is 5.69 Å². The fourth-order valence-corrected chi connectivity index (χ4v) is 3.69. The third-order valence-electron chi connectivity index (χ3n) is 5.30. The maximum absolute atomic E-state index is 12.7. The van der Waals surface area contributed by atoms with Gasteiger partial charge in [-0.05, 0) is 38.4 Å². The lowest BCUT2D eigenvalue weighted by Gasteiger charge is -2.24. The van der Waals surface area contributed by atoms with Gasteiger partial charge in [0.25, 0.3) is 0 Å². The van der Waals surface area contributed by atoms with E-state index in [0.717, 1.165) is 11.4 Å². The second-order valence-corrected chi connectivity index (χ2v) is 7.47. The van der Waals surface area contributed by atoms with Crippen LogP contribution in [-0.4, -0.2) is 57.1 Å². The number of likely N-dealkylation sites (N-methyl/N-ethyl adjacent to an activating group) is 1. The smallest absolute Gasteiger partial charge is 0.227 e. The summed E-state index contributed by atoms with van der Waals surface area (Å²) < 4.78 is 16.6. The molecule has 1 fully saturated rings.